The van der Waals surface area contributed by atoms with E-state index in [0.29, 0.717) is 16.9 Å². The second-order valence-corrected chi connectivity index (χ2v) is 8.24. The fourth-order valence-electron chi connectivity index (χ4n) is 3.16. The average Bonchev–Trinajstić information content (AvgIpc) is 3.04. The first-order valence-corrected chi connectivity index (χ1v) is 10.5. The van der Waals surface area contributed by atoms with Crippen molar-refractivity contribution >= 4 is 22.1 Å². The van der Waals surface area contributed by atoms with Crippen LogP contribution in [0.4, 0.5) is 0 Å². The number of hydrazone groups is 1. The molecule has 3 aromatic carbocycles. The number of nitrogens with zero attached hydrogens (tertiary/aromatic N) is 3. The number of fused-ring (bicyclic) bond motifs is 1. The van der Waals surface area contributed by atoms with Crippen molar-refractivity contribution in [1.29, 1.82) is 0 Å². The third kappa shape index (κ3) is 3.65. The lowest BCUT2D eigenvalue weighted by Gasteiger charge is -2.13. The van der Waals surface area contributed by atoms with Gasteiger partial charge in [-0.3, -0.25) is 0 Å². The summed E-state index contributed by atoms with van der Waals surface area (Å²) in [6.07, 6.45) is 1.54. The normalized spacial score (nSPS) is 14.4. The first kappa shape index (κ1) is 19.7. The van der Waals surface area contributed by atoms with Crippen molar-refractivity contribution in [2.24, 2.45) is 9.50 Å². The predicted octanol–water partition coefficient (Wildman–Crippen LogP) is 3.48. The Kier molecular flexibility index (Phi) is 5.01. The minimum Gasteiger partial charge on any atom is -0.504 e. The van der Waals surface area contributed by atoms with E-state index < -0.39 is 10.0 Å². The van der Waals surface area contributed by atoms with Crippen LogP contribution < -0.4 is 4.74 Å². The Morgan fingerprint density at radius 2 is 1.80 bits per heavy atom. The molecule has 8 heteroatoms. The predicted molar refractivity (Wildman–Crippen MR) is 116 cm³/mol. The van der Waals surface area contributed by atoms with Gasteiger partial charge in [0.25, 0.3) is 10.0 Å². The Morgan fingerprint density at radius 3 is 2.53 bits per heavy atom. The molecule has 4 rings (SSSR count). The maximum absolute atomic E-state index is 12.6. The minimum atomic E-state index is -3.81. The van der Waals surface area contributed by atoms with Crippen molar-refractivity contribution in [3.05, 3.63) is 77.9 Å². The van der Waals surface area contributed by atoms with Gasteiger partial charge in [-0.25, -0.2) is 5.01 Å². The molecule has 0 aliphatic carbocycles. The van der Waals surface area contributed by atoms with Gasteiger partial charge in [0, 0.05) is 12.6 Å². The van der Waals surface area contributed by atoms with Crippen molar-refractivity contribution in [2.45, 2.75) is 4.90 Å². The standard InChI is InChI=1S/C22H19N3O4S/c1-25(23-14-15-8-11-19(26)20(12-15)29-2)22-18-10-9-17(16-6-4-3-5-7-16)13-21(18)30(27,28)24-22/h3-14,26H,1-2H3. The number of aromatic hydroxyl groups is 1. The molecule has 7 nitrogen and oxygen atoms in total. The van der Waals surface area contributed by atoms with Crippen molar-refractivity contribution in [3.63, 3.8) is 0 Å². The zero-order chi connectivity index (χ0) is 21.3. The number of phenols is 1. The zero-order valence-corrected chi connectivity index (χ0v) is 17.2. The molecule has 0 atom stereocenters. The van der Waals surface area contributed by atoms with Crippen LogP contribution in [0.2, 0.25) is 0 Å². The van der Waals surface area contributed by atoms with Gasteiger partial charge in [-0.2, -0.15) is 13.5 Å². The Morgan fingerprint density at radius 1 is 1.03 bits per heavy atom. The minimum absolute atomic E-state index is 0.0254. The first-order chi connectivity index (χ1) is 14.4. The second kappa shape index (κ2) is 7.64. The molecular weight excluding hydrogens is 402 g/mol. The quantitative estimate of drug-likeness (QED) is 0.514. The number of phenolic OH excluding ortho intramolecular Hbond substituents is 1. The van der Waals surface area contributed by atoms with Crippen molar-refractivity contribution in [3.8, 4) is 22.6 Å². The monoisotopic (exact) mass is 421 g/mol. The summed E-state index contributed by atoms with van der Waals surface area (Å²) in [5, 5.41) is 15.4. The lowest BCUT2D eigenvalue weighted by molar-refractivity contribution is 0.373. The molecule has 0 fully saturated rings. The lowest BCUT2D eigenvalue weighted by Crippen LogP contribution is -2.21. The SMILES string of the molecule is COc1cc(C=NN(C)C2=NS(=O)(=O)c3cc(-c4ccccc4)ccc32)ccc1O. The van der Waals surface area contributed by atoms with Gasteiger partial charge in [0.15, 0.2) is 17.3 Å². The summed E-state index contributed by atoms with van der Waals surface area (Å²) in [7, 11) is -0.723. The molecule has 3 aromatic rings. The highest BCUT2D eigenvalue weighted by Gasteiger charge is 2.31. The average molecular weight is 421 g/mol. The van der Waals surface area contributed by atoms with Crippen LogP contribution in [0, 0.1) is 0 Å². The smallest absolute Gasteiger partial charge is 0.285 e. The molecule has 1 aliphatic heterocycles. The summed E-state index contributed by atoms with van der Waals surface area (Å²) in [6.45, 7) is 0. The highest BCUT2D eigenvalue weighted by Crippen LogP contribution is 2.32. The van der Waals surface area contributed by atoms with Crippen LogP contribution in [0.15, 0.2) is 81.1 Å². The topological polar surface area (TPSA) is 91.6 Å². The fourth-order valence-corrected chi connectivity index (χ4v) is 4.41. The van der Waals surface area contributed by atoms with Crippen LogP contribution in [-0.2, 0) is 10.0 Å². The van der Waals surface area contributed by atoms with Gasteiger partial charge in [0.05, 0.1) is 13.3 Å². The second-order valence-electron chi connectivity index (χ2n) is 6.67. The molecule has 30 heavy (non-hydrogen) atoms. The Bertz CT molecular complexity index is 1270. The lowest BCUT2D eigenvalue weighted by atomic mass is 10.0. The number of hydrogen-bond acceptors (Lipinski definition) is 6. The number of hydrogen-bond donors (Lipinski definition) is 1. The summed E-state index contributed by atoms with van der Waals surface area (Å²) in [6, 6.07) is 19.6. The molecular formula is C22H19N3O4S. The fraction of sp³-hybridized carbons (Fsp3) is 0.0909. The van der Waals surface area contributed by atoms with Crippen LogP contribution in [-0.4, -0.2) is 44.7 Å². The highest BCUT2D eigenvalue weighted by molar-refractivity contribution is 7.90. The Balaban J connectivity index is 1.65. The van der Waals surface area contributed by atoms with Gasteiger partial charge in [0.2, 0.25) is 0 Å². The maximum atomic E-state index is 12.6. The van der Waals surface area contributed by atoms with E-state index in [1.807, 2.05) is 36.4 Å². The molecule has 1 aliphatic rings. The Labute approximate surface area is 174 Å². The van der Waals surface area contributed by atoms with Crippen LogP contribution >= 0.6 is 0 Å². The van der Waals surface area contributed by atoms with E-state index in [2.05, 4.69) is 9.50 Å². The van der Waals surface area contributed by atoms with Gasteiger partial charge in [0.1, 0.15) is 4.90 Å². The van der Waals surface area contributed by atoms with E-state index in [4.69, 9.17) is 4.74 Å². The van der Waals surface area contributed by atoms with Crippen LogP contribution in [0.5, 0.6) is 11.5 Å². The summed E-state index contributed by atoms with van der Waals surface area (Å²) in [4.78, 5) is 0.159. The van der Waals surface area contributed by atoms with Crippen molar-refractivity contribution in [1.82, 2.24) is 5.01 Å². The van der Waals surface area contributed by atoms with E-state index in [1.54, 1.807) is 31.3 Å². The number of sulfonamides is 1. The van der Waals surface area contributed by atoms with Gasteiger partial charge < -0.3 is 9.84 Å². The van der Waals surface area contributed by atoms with Crippen molar-refractivity contribution < 1.29 is 18.3 Å². The molecule has 0 radical (unpaired) electrons. The number of rotatable bonds is 4. The van der Waals surface area contributed by atoms with E-state index in [1.165, 1.54) is 24.4 Å². The number of benzene rings is 3. The molecule has 0 saturated carbocycles. The van der Waals surface area contributed by atoms with E-state index in [0.717, 1.165) is 11.1 Å². The van der Waals surface area contributed by atoms with Gasteiger partial charge in [-0.15, -0.1) is 4.40 Å². The summed E-state index contributed by atoms with van der Waals surface area (Å²) in [5.41, 5.74) is 2.91. The third-order valence-corrected chi connectivity index (χ3v) is 6.01. The van der Waals surface area contributed by atoms with Crippen LogP contribution in [0.3, 0.4) is 0 Å². The molecule has 0 amide bonds. The molecule has 1 N–H and O–H groups in total. The van der Waals surface area contributed by atoms with Gasteiger partial charge in [-0.05, 0) is 47.0 Å². The van der Waals surface area contributed by atoms with Crippen molar-refractivity contribution in [2.75, 3.05) is 14.2 Å². The first-order valence-electron chi connectivity index (χ1n) is 9.08. The number of ether oxygens (including phenoxy) is 1. The summed E-state index contributed by atoms with van der Waals surface area (Å²) >= 11 is 0. The number of methoxy groups -OCH3 is 1. The molecule has 0 saturated heterocycles. The molecule has 1 heterocycles. The largest absolute Gasteiger partial charge is 0.504 e. The van der Waals surface area contributed by atoms with Crippen LogP contribution in [0.1, 0.15) is 11.1 Å². The molecule has 0 spiro atoms. The third-order valence-electron chi connectivity index (χ3n) is 4.70. The highest BCUT2D eigenvalue weighted by atomic mass is 32.2. The zero-order valence-electron chi connectivity index (χ0n) is 16.4. The summed E-state index contributed by atoms with van der Waals surface area (Å²) < 4.78 is 34.3. The molecule has 0 bridgehead atoms. The van der Waals surface area contributed by atoms with E-state index in [-0.39, 0.29) is 16.5 Å². The Hall–Kier alpha value is -3.65. The van der Waals surface area contributed by atoms with E-state index in [9.17, 15) is 13.5 Å². The molecule has 152 valence electrons. The summed E-state index contributed by atoms with van der Waals surface area (Å²) in [5.74, 6) is 0.588. The molecule has 0 aromatic heterocycles. The van der Waals surface area contributed by atoms with Crippen LogP contribution in [0.25, 0.3) is 11.1 Å². The van der Waals surface area contributed by atoms with Gasteiger partial charge in [-0.1, -0.05) is 36.4 Å². The van der Waals surface area contributed by atoms with E-state index >= 15 is 0 Å². The number of amidine groups is 1. The van der Waals surface area contributed by atoms with Gasteiger partial charge >= 0.3 is 0 Å². The molecule has 0 unspecified atom stereocenters. The maximum Gasteiger partial charge on any atom is 0.285 e.